The molecule has 1 aromatic carbocycles. The Morgan fingerprint density at radius 2 is 2.05 bits per heavy atom. The highest BCUT2D eigenvalue weighted by Gasteiger charge is 2.33. The number of nitrogens with one attached hydrogen (secondary N) is 2. The Morgan fingerprint density at radius 3 is 2.62 bits per heavy atom. The van der Waals surface area contributed by atoms with E-state index in [4.69, 9.17) is 5.11 Å². The Bertz CT molecular complexity index is 431. The summed E-state index contributed by atoms with van der Waals surface area (Å²) < 4.78 is 0. The van der Waals surface area contributed by atoms with Crippen LogP contribution in [0.1, 0.15) is 30.9 Å². The fraction of sp³-hybridized carbons (Fsp3) is 0.562. The predicted octanol–water partition coefficient (Wildman–Crippen LogP) is 2.55. The monoisotopic (exact) mass is 308 g/mol. The normalized spacial score (nSPS) is 17.0. The molecule has 3 N–H and O–H groups in total. The highest BCUT2D eigenvalue weighted by molar-refractivity contribution is 7.98. The van der Waals surface area contributed by atoms with Crippen molar-refractivity contribution in [2.75, 3.05) is 18.6 Å². The second-order valence-electron chi connectivity index (χ2n) is 5.51. The van der Waals surface area contributed by atoms with Gasteiger partial charge in [0.15, 0.2) is 0 Å². The molecule has 1 aliphatic rings. The number of urea groups is 1. The summed E-state index contributed by atoms with van der Waals surface area (Å²) in [5.74, 6) is 1.36. The van der Waals surface area contributed by atoms with Crippen molar-refractivity contribution in [1.82, 2.24) is 10.6 Å². The second kappa shape index (κ2) is 8.29. The Hall–Kier alpha value is -1.20. The van der Waals surface area contributed by atoms with Crippen molar-refractivity contribution in [3.05, 3.63) is 35.9 Å². The molecular weight excluding hydrogens is 284 g/mol. The number of thioether (sulfide) groups is 1. The topological polar surface area (TPSA) is 61.4 Å². The van der Waals surface area contributed by atoms with Gasteiger partial charge in [-0.2, -0.15) is 11.8 Å². The highest BCUT2D eigenvalue weighted by atomic mass is 32.2. The SMILES string of the molecule is CSCC(CCO)NC(=O)NC(c1ccccc1)C1CC1. The summed E-state index contributed by atoms with van der Waals surface area (Å²) >= 11 is 1.67. The van der Waals surface area contributed by atoms with Crippen LogP contribution in [0.3, 0.4) is 0 Å². The molecule has 21 heavy (non-hydrogen) atoms. The van der Waals surface area contributed by atoms with E-state index in [1.807, 2.05) is 24.5 Å². The zero-order valence-electron chi connectivity index (χ0n) is 12.4. The molecule has 0 heterocycles. The van der Waals surface area contributed by atoms with E-state index >= 15 is 0 Å². The maximum atomic E-state index is 12.2. The number of benzene rings is 1. The van der Waals surface area contributed by atoms with Gasteiger partial charge in [0.25, 0.3) is 0 Å². The van der Waals surface area contributed by atoms with Crippen LogP contribution in [0.25, 0.3) is 0 Å². The molecule has 0 spiro atoms. The minimum absolute atomic E-state index is 0.0145. The standard InChI is InChI=1S/C16H24N2O2S/c1-21-11-14(9-10-19)17-16(20)18-15(13-7-8-13)12-5-3-2-4-6-12/h2-6,13-15,19H,7-11H2,1H3,(H2,17,18,20). The lowest BCUT2D eigenvalue weighted by atomic mass is 10.0. The average molecular weight is 308 g/mol. The largest absolute Gasteiger partial charge is 0.396 e. The summed E-state index contributed by atoms with van der Waals surface area (Å²) in [5.41, 5.74) is 1.17. The van der Waals surface area contributed by atoms with E-state index in [0.29, 0.717) is 12.3 Å². The molecule has 1 aliphatic carbocycles. The van der Waals surface area contributed by atoms with Gasteiger partial charge in [-0.1, -0.05) is 30.3 Å². The van der Waals surface area contributed by atoms with Crippen molar-refractivity contribution in [1.29, 1.82) is 0 Å². The first-order valence-electron chi connectivity index (χ1n) is 7.46. The van der Waals surface area contributed by atoms with E-state index in [0.717, 1.165) is 5.75 Å². The van der Waals surface area contributed by atoms with Crippen LogP contribution in [0.15, 0.2) is 30.3 Å². The van der Waals surface area contributed by atoms with Gasteiger partial charge in [-0.15, -0.1) is 0 Å². The van der Waals surface area contributed by atoms with Gasteiger partial charge in [0.1, 0.15) is 0 Å². The third-order valence-electron chi connectivity index (χ3n) is 3.72. The molecule has 2 rings (SSSR count). The van der Waals surface area contributed by atoms with E-state index in [9.17, 15) is 4.79 Å². The van der Waals surface area contributed by atoms with Crippen LogP contribution in [-0.4, -0.2) is 35.8 Å². The average Bonchev–Trinajstić information content (AvgIpc) is 3.31. The smallest absolute Gasteiger partial charge is 0.315 e. The molecule has 0 saturated heterocycles. The molecule has 1 aromatic rings. The lowest BCUT2D eigenvalue weighted by Crippen LogP contribution is -2.45. The summed E-state index contributed by atoms with van der Waals surface area (Å²) in [7, 11) is 0. The molecule has 2 unspecified atom stereocenters. The summed E-state index contributed by atoms with van der Waals surface area (Å²) in [5, 5.41) is 15.1. The summed E-state index contributed by atoms with van der Waals surface area (Å²) in [6.45, 7) is 0.0935. The number of hydrogen-bond acceptors (Lipinski definition) is 3. The van der Waals surface area contributed by atoms with E-state index < -0.39 is 0 Å². The first kappa shape index (κ1) is 16.2. The maximum Gasteiger partial charge on any atom is 0.315 e. The van der Waals surface area contributed by atoms with Gasteiger partial charge >= 0.3 is 6.03 Å². The quantitative estimate of drug-likeness (QED) is 0.691. The van der Waals surface area contributed by atoms with Gasteiger partial charge in [-0.05, 0) is 37.0 Å². The van der Waals surface area contributed by atoms with Crippen LogP contribution in [-0.2, 0) is 0 Å². The summed E-state index contributed by atoms with van der Waals surface area (Å²) in [6, 6.07) is 10.1. The van der Waals surface area contributed by atoms with Gasteiger partial charge in [0.05, 0.1) is 6.04 Å². The molecule has 0 radical (unpaired) electrons. The molecule has 0 aliphatic heterocycles. The van der Waals surface area contributed by atoms with E-state index in [-0.39, 0.29) is 24.7 Å². The third kappa shape index (κ3) is 5.25. The Kier molecular flexibility index (Phi) is 6.39. The molecule has 2 amide bonds. The van der Waals surface area contributed by atoms with Gasteiger partial charge in [-0.3, -0.25) is 0 Å². The van der Waals surface area contributed by atoms with Crippen molar-refractivity contribution in [2.45, 2.75) is 31.3 Å². The predicted molar refractivity (Wildman–Crippen MR) is 87.4 cm³/mol. The Labute approximate surface area is 130 Å². The fourth-order valence-electron chi connectivity index (χ4n) is 2.49. The fourth-order valence-corrected chi connectivity index (χ4v) is 3.14. The van der Waals surface area contributed by atoms with Gasteiger partial charge in [0, 0.05) is 18.4 Å². The lowest BCUT2D eigenvalue weighted by molar-refractivity contribution is 0.226. The van der Waals surface area contributed by atoms with Crippen LogP contribution in [0.4, 0.5) is 4.79 Å². The van der Waals surface area contributed by atoms with Crippen molar-refractivity contribution in [2.24, 2.45) is 5.92 Å². The van der Waals surface area contributed by atoms with Crippen LogP contribution < -0.4 is 10.6 Å². The molecule has 1 fully saturated rings. The first-order chi connectivity index (χ1) is 10.2. The molecule has 116 valence electrons. The number of carbonyl (C=O) groups is 1. The van der Waals surface area contributed by atoms with Gasteiger partial charge < -0.3 is 15.7 Å². The highest BCUT2D eigenvalue weighted by Crippen LogP contribution is 2.40. The number of rotatable bonds is 8. The molecule has 1 saturated carbocycles. The molecule has 0 bridgehead atoms. The number of amides is 2. The first-order valence-corrected chi connectivity index (χ1v) is 8.85. The minimum atomic E-state index is -0.136. The molecule has 4 nitrogen and oxygen atoms in total. The second-order valence-corrected chi connectivity index (χ2v) is 6.42. The van der Waals surface area contributed by atoms with E-state index in [1.54, 1.807) is 11.8 Å². The lowest BCUT2D eigenvalue weighted by Gasteiger charge is -2.22. The molecular formula is C16H24N2O2S. The van der Waals surface area contributed by atoms with Crippen LogP contribution in [0.5, 0.6) is 0 Å². The van der Waals surface area contributed by atoms with Crippen molar-refractivity contribution in [3.63, 3.8) is 0 Å². The van der Waals surface area contributed by atoms with Crippen molar-refractivity contribution >= 4 is 17.8 Å². The van der Waals surface area contributed by atoms with E-state index in [2.05, 4.69) is 22.8 Å². The number of aliphatic hydroxyl groups excluding tert-OH is 1. The minimum Gasteiger partial charge on any atom is -0.396 e. The molecule has 0 aromatic heterocycles. The summed E-state index contributed by atoms with van der Waals surface area (Å²) in [4.78, 5) is 12.2. The van der Waals surface area contributed by atoms with Gasteiger partial charge in [0.2, 0.25) is 0 Å². The van der Waals surface area contributed by atoms with Crippen LogP contribution >= 0.6 is 11.8 Å². The third-order valence-corrected chi connectivity index (χ3v) is 4.46. The van der Waals surface area contributed by atoms with Crippen LogP contribution in [0.2, 0.25) is 0 Å². The zero-order chi connectivity index (χ0) is 15.1. The Balaban J connectivity index is 1.92. The van der Waals surface area contributed by atoms with Crippen molar-refractivity contribution < 1.29 is 9.90 Å². The molecule has 5 heteroatoms. The summed E-state index contributed by atoms with van der Waals surface area (Å²) in [6.07, 6.45) is 4.93. The maximum absolute atomic E-state index is 12.2. The van der Waals surface area contributed by atoms with Crippen molar-refractivity contribution in [3.8, 4) is 0 Å². The number of hydrogen-bond donors (Lipinski definition) is 3. The number of aliphatic hydroxyl groups is 1. The van der Waals surface area contributed by atoms with E-state index in [1.165, 1.54) is 18.4 Å². The Morgan fingerprint density at radius 1 is 1.33 bits per heavy atom. The van der Waals surface area contributed by atoms with Gasteiger partial charge in [-0.25, -0.2) is 4.79 Å². The number of carbonyl (C=O) groups excluding carboxylic acids is 1. The zero-order valence-corrected chi connectivity index (χ0v) is 13.2. The molecule has 2 atom stereocenters. The van der Waals surface area contributed by atoms with Crippen LogP contribution in [0, 0.1) is 5.92 Å².